The maximum Gasteiger partial charge on any atom is 0.269 e. The predicted molar refractivity (Wildman–Crippen MR) is 45.8 cm³/mol. The number of H-pyrrole nitrogens is 1. The first-order valence-corrected chi connectivity index (χ1v) is 4.03. The monoisotopic (exact) mass is 233 g/mol. The lowest BCUT2D eigenvalue weighted by Gasteiger charge is -2.12. The second-order valence-corrected chi connectivity index (χ2v) is 4.64. The van der Waals surface area contributed by atoms with E-state index >= 15 is 0 Å². The minimum atomic E-state index is -0.631. The molecule has 0 atom stereocenters. The van der Waals surface area contributed by atoms with Gasteiger partial charge in [-0.3, -0.25) is 10.1 Å². The van der Waals surface area contributed by atoms with Crippen molar-refractivity contribution < 1.29 is 4.79 Å². The molecule has 0 fully saturated rings. The van der Waals surface area contributed by atoms with Crippen molar-refractivity contribution in [3.8, 4) is 0 Å². The predicted octanol–water partition coefficient (Wildman–Crippen LogP) is 0.312. The van der Waals surface area contributed by atoms with E-state index in [-0.39, 0.29) is 11.9 Å². The summed E-state index contributed by atoms with van der Waals surface area (Å²) < 4.78 is -0.631. The largest absolute Gasteiger partial charge is 0.291 e. The van der Waals surface area contributed by atoms with Gasteiger partial charge in [0.25, 0.3) is 5.95 Å². The van der Waals surface area contributed by atoms with E-state index in [0.717, 1.165) is 0 Å². The van der Waals surface area contributed by atoms with Gasteiger partial charge in [-0.2, -0.15) is 5.21 Å². The van der Waals surface area contributed by atoms with Crippen LogP contribution in [0, 0.1) is 0 Å². The molecule has 0 bridgehead atoms. The minimum Gasteiger partial charge on any atom is -0.291 e. The first-order valence-electron chi connectivity index (χ1n) is 3.24. The Morgan fingerprint density at radius 2 is 2.33 bits per heavy atom. The molecule has 0 aliphatic heterocycles. The van der Waals surface area contributed by atoms with Crippen molar-refractivity contribution in [3.63, 3.8) is 0 Å². The topological polar surface area (TPSA) is 83.6 Å². The Morgan fingerprint density at radius 3 is 2.75 bits per heavy atom. The summed E-state index contributed by atoms with van der Waals surface area (Å²) in [6.07, 6.45) is 0. The number of halogens is 1. The smallest absolute Gasteiger partial charge is 0.269 e. The van der Waals surface area contributed by atoms with Gasteiger partial charge in [0.05, 0.1) is 4.32 Å². The van der Waals surface area contributed by atoms with E-state index < -0.39 is 4.32 Å². The summed E-state index contributed by atoms with van der Waals surface area (Å²) in [6, 6.07) is 0. The molecule has 0 saturated heterocycles. The number of nitrogens with zero attached hydrogens (tertiary/aromatic N) is 3. The Morgan fingerprint density at radius 1 is 1.67 bits per heavy atom. The van der Waals surface area contributed by atoms with E-state index in [9.17, 15) is 4.79 Å². The number of anilines is 1. The highest BCUT2D eigenvalue weighted by Gasteiger charge is 2.24. The fourth-order valence-corrected chi connectivity index (χ4v) is 0.564. The Labute approximate surface area is 77.2 Å². The van der Waals surface area contributed by atoms with Crippen molar-refractivity contribution in [1.29, 1.82) is 0 Å². The Hall–Kier alpha value is -0.980. The number of nitrogens with one attached hydrogen (secondary N) is 2. The van der Waals surface area contributed by atoms with Gasteiger partial charge in [0.2, 0.25) is 5.91 Å². The van der Waals surface area contributed by atoms with Crippen LogP contribution in [0.3, 0.4) is 0 Å². The van der Waals surface area contributed by atoms with Crippen LogP contribution >= 0.6 is 15.9 Å². The summed E-state index contributed by atoms with van der Waals surface area (Å²) in [5, 5.41) is 15.1. The fraction of sp³-hybridized carbons (Fsp3) is 0.600. The maximum atomic E-state index is 11.3. The summed E-state index contributed by atoms with van der Waals surface area (Å²) in [5.74, 6) is -0.0450. The summed E-state index contributed by atoms with van der Waals surface area (Å²) in [5.41, 5.74) is 0. The number of hydrogen-bond donors (Lipinski definition) is 2. The van der Waals surface area contributed by atoms with Crippen LogP contribution in [-0.4, -0.2) is 30.9 Å². The number of carbonyl (C=O) groups is 1. The van der Waals surface area contributed by atoms with Crippen molar-refractivity contribution in [1.82, 2.24) is 20.6 Å². The molecule has 0 aliphatic rings. The molecule has 0 aliphatic carbocycles. The van der Waals surface area contributed by atoms with Crippen LogP contribution in [0.1, 0.15) is 13.8 Å². The zero-order valence-corrected chi connectivity index (χ0v) is 8.21. The fourth-order valence-electron chi connectivity index (χ4n) is 0.465. The molecule has 6 nitrogen and oxygen atoms in total. The van der Waals surface area contributed by atoms with E-state index in [2.05, 4.69) is 41.9 Å². The molecule has 1 aromatic rings. The molecule has 1 heterocycles. The van der Waals surface area contributed by atoms with Gasteiger partial charge < -0.3 is 0 Å². The summed E-state index contributed by atoms with van der Waals surface area (Å²) in [7, 11) is 0. The molecule has 2 N–H and O–H groups in total. The molecule has 0 spiro atoms. The third kappa shape index (κ3) is 2.26. The second-order valence-electron chi connectivity index (χ2n) is 2.66. The van der Waals surface area contributed by atoms with Crippen molar-refractivity contribution in [2.45, 2.75) is 18.2 Å². The van der Waals surface area contributed by atoms with Crippen LogP contribution in [0.5, 0.6) is 0 Å². The van der Waals surface area contributed by atoms with Crippen molar-refractivity contribution in [2.75, 3.05) is 5.32 Å². The molecule has 1 rings (SSSR count). The maximum absolute atomic E-state index is 11.3. The van der Waals surface area contributed by atoms with E-state index in [0.29, 0.717) is 0 Å². The average Bonchev–Trinajstić information content (AvgIpc) is 2.37. The van der Waals surface area contributed by atoms with Crippen LogP contribution in [0.2, 0.25) is 0 Å². The Balaban J connectivity index is 2.60. The van der Waals surface area contributed by atoms with Gasteiger partial charge in [-0.1, -0.05) is 21.0 Å². The van der Waals surface area contributed by atoms with E-state index in [1.165, 1.54) is 0 Å². The van der Waals surface area contributed by atoms with E-state index in [1.807, 2.05) is 0 Å². The SMILES string of the molecule is CC(C)(Br)C(=O)Nc1nn[nH]n1. The van der Waals surface area contributed by atoms with Gasteiger partial charge >= 0.3 is 0 Å². The molecule has 0 radical (unpaired) electrons. The number of alkyl halides is 1. The molecule has 7 heteroatoms. The zero-order valence-electron chi connectivity index (χ0n) is 6.63. The van der Waals surface area contributed by atoms with Crippen LogP contribution in [-0.2, 0) is 4.79 Å². The lowest BCUT2D eigenvalue weighted by atomic mass is 10.2. The van der Waals surface area contributed by atoms with Gasteiger partial charge in [-0.05, 0) is 19.1 Å². The van der Waals surface area contributed by atoms with Gasteiger partial charge in [-0.25, -0.2) is 0 Å². The van der Waals surface area contributed by atoms with Crippen molar-refractivity contribution in [3.05, 3.63) is 0 Å². The summed E-state index contributed by atoms with van der Waals surface area (Å²) in [6.45, 7) is 3.45. The van der Waals surface area contributed by atoms with Crippen LogP contribution < -0.4 is 5.32 Å². The number of tetrazole rings is 1. The van der Waals surface area contributed by atoms with Gasteiger partial charge in [0.1, 0.15) is 0 Å². The second kappa shape index (κ2) is 3.18. The van der Waals surface area contributed by atoms with Crippen LogP contribution in [0.4, 0.5) is 5.95 Å². The van der Waals surface area contributed by atoms with Gasteiger partial charge in [-0.15, -0.1) is 5.10 Å². The van der Waals surface area contributed by atoms with E-state index in [1.54, 1.807) is 13.8 Å². The average molecular weight is 234 g/mol. The third-order valence-corrected chi connectivity index (χ3v) is 1.47. The molecule has 0 saturated carbocycles. The standard InChI is InChI=1S/C5H8BrN5O/c1-5(2,6)3(12)7-4-8-10-11-9-4/h1-2H3,(H2,7,8,9,10,11,12). The number of hydrogen-bond acceptors (Lipinski definition) is 4. The lowest BCUT2D eigenvalue weighted by Crippen LogP contribution is -2.31. The molecular formula is C5H8BrN5O. The molecular weight excluding hydrogens is 226 g/mol. The Bertz CT molecular complexity index is 264. The number of rotatable bonds is 2. The molecule has 66 valence electrons. The number of aromatic amines is 1. The summed E-state index contributed by atoms with van der Waals surface area (Å²) in [4.78, 5) is 11.3. The molecule has 1 aromatic heterocycles. The third-order valence-electron chi connectivity index (χ3n) is 1.11. The first kappa shape index (κ1) is 9.11. The zero-order chi connectivity index (χ0) is 9.19. The first-order chi connectivity index (χ1) is 5.50. The quantitative estimate of drug-likeness (QED) is 0.721. The lowest BCUT2D eigenvalue weighted by molar-refractivity contribution is -0.117. The normalized spacial score (nSPS) is 11.2. The Kier molecular flexibility index (Phi) is 2.41. The van der Waals surface area contributed by atoms with Crippen molar-refractivity contribution in [2.24, 2.45) is 0 Å². The molecule has 12 heavy (non-hydrogen) atoms. The molecule has 0 unspecified atom stereocenters. The summed E-state index contributed by atoms with van der Waals surface area (Å²) >= 11 is 3.19. The highest BCUT2D eigenvalue weighted by molar-refractivity contribution is 9.10. The minimum absolute atomic E-state index is 0.174. The van der Waals surface area contributed by atoms with Gasteiger partial charge in [0.15, 0.2) is 0 Å². The van der Waals surface area contributed by atoms with Crippen LogP contribution in [0.15, 0.2) is 0 Å². The van der Waals surface area contributed by atoms with Crippen molar-refractivity contribution >= 4 is 27.8 Å². The van der Waals surface area contributed by atoms with Crippen LogP contribution in [0.25, 0.3) is 0 Å². The molecule has 1 amide bonds. The number of aromatic nitrogens is 4. The van der Waals surface area contributed by atoms with E-state index in [4.69, 9.17) is 0 Å². The number of carbonyl (C=O) groups excluding carboxylic acids is 1. The van der Waals surface area contributed by atoms with Gasteiger partial charge in [0, 0.05) is 0 Å². The highest BCUT2D eigenvalue weighted by Crippen LogP contribution is 2.16. The molecule has 0 aromatic carbocycles. The highest BCUT2D eigenvalue weighted by atomic mass is 79.9. The number of amides is 1.